The molecular formula is C21H28GeO. The van der Waals surface area contributed by atoms with Gasteiger partial charge in [-0.1, -0.05) is 0 Å². The maximum absolute atomic E-state index is 12.8. The zero-order valence-corrected chi connectivity index (χ0v) is 17.1. The van der Waals surface area contributed by atoms with Gasteiger partial charge in [-0.15, -0.1) is 0 Å². The summed E-state index contributed by atoms with van der Waals surface area (Å²) in [5.41, 5.74) is 2.16. The topological polar surface area (TPSA) is 17.1 Å². The summed E-state index contributed by atoms with van der Waals surface area (Å²) >= 11 is -2.28. The van der Waals surface area contributed by atoms with Gasteiger partial charge >= 0.3 is 143 Å². The van der Waals surface area contributed by atoms with E-state index in [0.29, 0.717) is 11.2 Å². The van der Waals surface area contributed by atoms with Crippen LogP contribution >= 0.6 is 0 Å². The minimum atomic E-state index is -2.28. The van der Waals surface area contributed by atoms with Crippen molar-refractivity contribution in [2.75, 3.05) is 0 Å². The Morgan fingerprint density at radius 2 is 1.39 bits per heavy atom. The second-order valence-electron chi connectivity index (χ2n) is 7.93. The molecule has 1 atom stereocenters. The normalized spacial score (nSPS) is 13.6. The van der Waals surface area contributed by atoms with Crippen LogP contribution in [0.5, 0.6) is 0 Å². The fourth-order valence-corrected chi connectivity index (χ4v) is 8.73. The third-order valence-corrected chi connectivity index (χ3v) is 18.4. The average Bonchev–Trinajstić information content (AvgIpc) is 2.52. The molecule has 2 rings (SSSR count). The fraction of sp³-hybridized carbons (Fsp3) is 0.381. The molecule has 0 heterocycles. The Balaban J connectivity index is 2.37. The summed E-state index contributed by atoms with van der Waals surface area (Å²) in [7, 11) is 0. The van der Waals surface area contributed by atoms with Crippen LogP contribution in [0.4, 0.5) is 0 Å². The Kier molecular flexibility index (Phi) is 5.51. The third-order valence-electron chi connectivity index (χ3n) is 5.49. The minimum absolute atomic E-state index is 0.266. The molecule has 0 saturated heterocycles. The van der Waals surface area contributed by atoms with E-state index < -0.39 is 13.3 Å². The molecule has 0 saturated carbocycles. The van der Waals surface area contributed by atoms with Gasteiger partial charge in [-0.2, -0.15) is 0 Å². The van der Waals surface area contributed by atoms with Crippen molar-refractivity contribution >= 4 is 19.0 Å². The first-order valence-corrected chi connectivity index (χ1v) is 14.8. The second kappa shape index (κ2) is 7.04. The first-order valence-electron chi connectivity index (χ1n) is 8.36. The van der Waals surface area contributed by atoms with Crippen molar-refractivity contribution in [3.8, 4) is 0 Å². The molecule has 23 heavy (non-hydrogen) atoms. The zero-order valence-electron chi connectivity index (χ0n) is 15.0. The fourth-order valence-electron chi connectivity index (χ4n) is 2.93. The van der Waals surface area contributed by atoms with Crippen LogP contribution in [0, 0.1) is 0 Å². The van der Waals surface area contributed by atoms with Gasteiger partial charge in [0.25, 0.3) is 0 Å². The van der Waals surface area contributed by atoms with Crippen LogP contribution < -0.4 is 0 Å². The Morgan fingerprint density at radius 3 is 1.87 bits per heavy atom. The number of benzene rings is 2. The Morgan fingerprint density at radius 1 is 0.913 bits per heavy atom. The summed E-state index contributed by atoms with van der Waals surface area (Å²) in [4.78, 5) is 12.8. The van der Waals surface area contributed by atoms with Crippen LogP contribution in [0.2, 0.25) is 15.8 Å². The first kappa shape index (κ1) is 18.0. The van der Waals surface area contributed by atoms with Gasteiger partial charge in [0.2, 0.25) is 0 Å². The van der Waals surface area contributed by atoms with E-state index in [-0.39, 0.29) is 10.0 Å². The molecule has 0 bridgehead atoms. The van der Waals surface area contributed by atoms with Crippen LogP contribution in [-0.2, 0) is 0 Å². The molecule has 122 valence electrons. The molecule has 0 radical (unpaired) electrons. The maximum atomic E-state index is 12.8. The van der Waals surface area contributed by atoms with Gasteiger partial charge < -0.3 is 0 Å². The molecule has 0 aliphatic heterocycles. The van der Waals surface area contributed by atoms with Crippen molar-refractivity contribution in [3.05, 3.63) is 71.8 Å². The number of ketones is 1. The standard InChI is InChI=1S/C21H28GeO/c1-21(2,3)22(4,5)19(17-12-8-6-9-13-17)16-20(23)18-14-10-7-11-15-18/h6-15,19H,16H2,1-5H3. The summed E-state index contributed by atoms with van der Waals surface area (Å²) in [6.07, 6.45) is 0.623. The average molecular weight is 369 g/mol. The molecule has 0 aliphatic rings. The second-order valence-corrected chi connectivity index (χ2v) is 19.8. The van der Waals surface area contributed by atoms with Gasteiger partial charge in [0.05, 0.1) is 0 Å². The molecular weight excluding hydrogens is 341 g/mol. The van der Waals surface area contributed by atoms with E-state index in [1.807, 2.05) is 30.3 Å². The molecule has 2 heteroatoms. The Bertz CT molecular complexity index is 639. The summed E-state index contributed by atoms with van der Waals surface area (Å²) in [6, 6.07) is 20.3. The van der Waals surface area contributed by atoms with Crippen molar-refractivity contribution in [3.63, 3.8) is 0 Å². The molecule has 0 spiro atoms. The van der Waals surface area contributed by atoms with Gasteiger partial charge in [0.1, 0.15) is 0 Å². The van der Waals surface area contributed by atoms with Gasteiger partial charge in [-0.25, -0.2) is 0 Å². The van der Waals surface area contributed by atoms with Gasteiger partial charge in [-0.3, -0.25) is 0 Å². The number of hydrogen-bond donors (Lipinski definition) is 0. The quantitative estimate of drug-likeness (QED) is 0.460. The molecule has 0 aliphatic carbocycles. The predicted octanol–water partition coefficient (Wildman–Crippen LogP) is 6.09. The van der Waals surface area contributed by atoms with E-state index in [0.717, 1.165) is 5.56 Å². The molecule has 1 nitrogen and oxygen atoms in total. The van der Waals surface area contributed by atoms with E-state index >= 15 is 0 Å². The molecule has 0 N–H and O–H groups in total. The van der Waals surface area contributed by atoms with Crippen LogP contribution in [0.3, 0.4) is 0 Å². The number of hydrogen-bond acceptors (Lipinski definition) is 1. The molecule has 0 amide bonds. The van der Waals surface area contributed by atoms with E-state index in [9.17, 15) is 4.79 Å². The van der Waals surface area contributed by atoms with Crippen molar-refractivity contribution in [2.45, 2.75) is 47.7 Å². The van der Waals surface area contributed by atoms with Crippen LogP contribution in [-0.4, -0.2) is 19.0 Å². The van der Waals surface area contributed by atoms with E-state index in [2.05, 4.69) is 62.6 Å². The molecule has 0 aromatic heterocycles. The van der Waals surface area contributed by atoms with Crippen LogP contribution in [0.15, 0.2) is 60.7 Å². The number of carbonyl (C=O) groups is 1. The first-order chi connectivity index (χ1) is 10.7. The summed E-state index contributed by atoms with van der Waals surface area (Å²) in [5, 5.41) is 0. The Hall–Kier alpha value is -1.35. The third kappa shape index (κ3) is 4.14. The van der Waals surface area contributed by atoms with Crippen LogP contribution in [0.25, 0.3) is 0 Å². The SMILES string of the molecule is C[C](C)(C)[Ge]([CH3])([CH3])[CH](CC(=O)c1ccccc1)c1ccccc1. The molecule has 2 aromatic carbocycles. The van der Waals surface area contributed by atoms with E-state index in [1.165, 1.54) is 5.56 Å². The van der Waals surface area contributed by atoms with Crippen molar-refractivity contribution in [2.24, 2.45) is 0 Å². The van der Waals surface area contributed by atoms with Crippen LogP contribution in [0.1, 0.15) is 47.9 Å². The predicted molar refractivity (Wildman–Crippen MR) is 102 cm³/mol. The summed E-state index contributed by atoms with van der Waals surface area (Å²) < 4.78 is 0.668. The van der Waals surface area contributed by atoms with Gasteiger partial charge in [0, 0.05) is 0 Å². The Labute approximate surface area is 143 Å². The molecule has 2 aromatic rings. The summed E-state index contributed by atoms with van der Waals surface area (Å²) in [5.74, 6) is 5.20. The van der Waals surface area contributed by atoms with E-state index in [4.69, 9.17) is 0 Å². The monoisotopic (exact) mass is 370 g/mol. The van der Waals surface area contributed by atoms with Gasteiger partial charge in [0.15, 0.2) is 0 Å². The van der Waals surface area contributed by atoms with Gasteiger partial charge in [-0.05, 0) is 0 Å². The van der Waals surface area contributed by atoms with E-state index in [1.54, 1.807) is 0 Å². The zero-order chi connectivity index (χ0) is 17.1. The van der Waals surface area contributed by atoms with Crippen molar-refractivity contribution < 1.29 is 4.79 Å². The summed E-state index contributed by atoms with van der Waals surface area (Å²) in [6.45, 7) is 7.03. The molecule has 1 unspecified atom stereocenters. The number of carbonyl (C=O) groups excluding carboxylic acids is 1. The molecule has 0 fully saturated rings. The number of Topliss-reactive ketones (excluding diaryl/α,β-unsaturated/α-hetero) is 1. The number of rotatable bonds is 5. The van der Waals surface area contributed by atoms with Crippen molar-refractivity contribution in [1.82, 2.24) is 0 Å². The van der Waals surface area contributed by atoms with Crippen molar-refractivity contribution in [1.29, 1.82) is 0 Å².